The highest BCUT2D eigenvalue weighted by molar-refractivity contribution is 7.98. The minimum Gasteiger partial charge on any atom is -0.312 e. The molecule has 1 aromatic carbocycles. The van der Waals surface area contributed by atoms with E-state index in [0.717, 1.165) is 12.1 Å². The van der Waals surface area contributed by atoms with Crippen LogP contribution in [0.15, 0.2) is 28.2 Å². The van der Waals surface area contributed by atoms with E-state index in [1.54, 1.807) is 17.9 Å². The van der Waals surface area contributed by atoms with E-state index in [2.05, 4.69) is 10.3 Å². The maximum atomic E-state index is 14.1. The summed E-state index contributed by atoms with van der Waals surface area (Å²) in [5.74, 6) is -2.32. The van der Waals surface area contributed by atoms with Gasteiger partial charge < -0.3 is 9.88 Å². The van der Waals surface area contributed by atoms with Gasteiger partial charge in [0, 0.05) is 25.5 Å². The molecule has 0 saturated heterocycles. The van der Waals surface area contributed by atoms with Crippen LogP contribution in [0.3, 0.4) is 0 Å². The van der Waals surface area contributed by atoms with E-state index in [0.29, 0.717) is 11.0 Å². The first-order chi connectivity index (χ1) is 10.9. The molecule has 2 aromatic rings. The van der Waals surface area contributed by atoms with Crippen LogP contribution in [-0.2, 0) is 11.8 Å². The zero-order valence-electron chi connectivity index (χ0n) is 12.4. The molecule has 0 unspecified atom stereocenters. The van der Waals surface area contributed by atoms with Gasteiger partial charge in [0.2, 0.25) is 5.91 Å². The lowest BCUT2D eigenvalue weighted by Gasteiger charge is -2.27. The van der Waals surface area contributed by atoms with Crippen molar-refractivity contribution in [2.75, 3.05) is 11.6 Å². The molecular weight excluding hydrogens is 324 g/mol. The van der Waals surface area contributed by atoms with Crippen molar-refractivity contribution in [1.29, 1.82) is 0 Å². The Morgan fingerprint density at radius 2 is 2.09 bits per heavy atom. The molecule has 3 rings (SSSR count). The van der Waals surface area contributed by atoms with Gasteiger partial charge in [0.05, 0.1) is 5.56 Å². The molecule has 1 aliphatic heterocycles. The lowest BCUT2D eigenvalue weighted by Crippen LogP contribution is -2.33. The van der Waals surface area contributed by atoms with E-state index >= 15 is 0 Å². The van der Waals surface area contributed by atoms with Crippen molar-refractivity contribution in [3.63, 3.8) is 0 Å². The number of aromatic nitrogens is 2. The Morgan fingerprint density at radius 3 is 2.74 bits per heavy atom. The number of fused-ring (bicyclic) bond motifs is 1. The number of hydrogen-bond donors (Lipinski definition) is 1. The first-order valence-electron chi connectivity index (χ1n) is 6.82. The lowest BCUT2D eigenvalue weighted by atomic mass is 9.86. The first-order valence-corrected chi connectivity index (χ1v) is 8.04. The molecule has 0 bridgehead atoms. The van der Waals surface area contributed by atoms with Gasteiger partial charge in [-0.15, -0.1) is 0 Å². The van der Waals surface area contributed by atoms with Crippen molar-refractivity contribution in [2.24, 2.45) is 7.05 Å². The number of carbonyl (C=O) groups is 1. The molecule has 0 aliphatic carbocycles. The fourth-order valence-corrected chi connectivity index (χ4v) is 3.31. The number of thioether (sulfide) groups is 1. The number of benzene rings is 1. The van der Waals surface area contributed by atoms with Crippen molar-refractivity contribution < 1.29 is 13.6 Å². The highest BCUT2D eigenvalue weighted by Gasteiger charge is 2.33. The third-order valence-electron chi connectivity index (χ3n) is 3.82. The molecule has 2 heterocycles. The van der Waals surface area contributed by atoms with Crippen LogP contribution in [-0.4, -0.2) is 21.7 Å². The molecule has 120 valence electrons. The standard InChI is InChI=1S/C15H13F2N3O2S/c1-20-13-12(14(22)19-15(20)23-2)9(6-11(21)18-13)8-4-3-7(16)5-10(8)17/h3-5,9H,6H2,1-2H3,(H,18,21)/t9-/m1/s1. The third-order valence-corrected chi connectivity index (χ3v) is 4.55. The monoisotopic (exact) mass is 337 g/mol. The summed E-state index contributed by atoms with van der Waals surface area (Å²) in [6.45, 7) is 0. The van der Waals surface area contributed by atoms with Crippen LogP contribution >= 0.6 is 11.8 Å². The van der Waals surface area contributed by atoms with E-state index in [-0.39, 0.29) is 23.5 Å². The molecule has 1 atom stereocenters. The van der Waals surface area contributed by atoms with Crippen LogP contribution in [0, 0.1) is 11.6 Å². The van der Waals surface area contributed by atoms with Gasteiger partial charge in [0.1, 0.15) is 17.5 Å². The zero-order chi connectivity index (χ0) is 16.7. The molecule has 0 saturated carbocycles. The molecule has 0 radical (unpaired) electrons. The molecule has 0 fully saturated rings. The summed E-state index contributed by atoms with van der Waals surface area (Å²) in [7, 11) is 1.67. The van der Waals surface area contributed by atoms with Crippen LogP contribution in [0.5, 0.6) is 0 Å². The fraction of sp³-hybridized carbons (Fsp3) is 0.267. The van der Waals surface area contributed by atoms with E-state index in [1.165, 1.54) is 17.8 Å². The number of amides is 1. The summed E-state index contributed by atoms with van der Waals surface area (Å²) in [6, 6.07) is 3.12. The Hall–Kier alpha value is -2.22. The summed E-state index contributed by atoms with van der Waals surface area (Å²) in [5, 5.41) is 3.09. The zero-order valence-corrected chi connectivity index (χ0v) is 13.2. The second-order valence-electron chi connectivity index (χ2n) is 5.20. The van der Waals surface area contributed by atoms with Gasteiger partial charge in [-0.3, -0.25) is 9.59 Å². The number of halogens is 2. The SMILES string of the molecule is CSc1nc(=O)c2c(n1C)NC(=O)C[C@@H]2c1ccc(F)cc1F. The first kappa shape index (κ1) is 15.7. The average molecular weight is 337 g/mol. The molecule has 23 heavy (non-hydrogen) atoms. The smallest absolute Gasteiger partial charge is 0.279 e. The van der Waals surface area contributed by atoms with E-state index < -0.39 is 23.1 Å². The van der Waals surface area contributed by atoms with Crippen molar-refractivity contribution in [2.45, 2.75) is 17.5 Å². The molecule has 1 aliphatic rings. The maximum absolute atomic E-state index is 14.1. The van der Waals surface area contributed by atoms with Crippen molar-refractivity contribution in [3.8, 4) is 0 Å². The quantitative estimate of drug-likeness (QED) is 0.674. The minimum absolute atomic E-state index is 0.0922. The third kappa shape index (κ3) is 2.63. The van der Waals surface area contributed by atoms with Crippen LogP contribution in [0.4, 0.5) is 14.6 Å². The summed E-state index contributed by atoms with van der Waals surface area (Å²) in [4.78, 5) is 28.4. The predicted molar refractivity (Wildman–Crippen MR) is 82.7 cm³/mol. The van der Waals surface area contributed by atoms with Crippen LogP contribution in [0.2, 0.25) is 0 Å². The molecule has 8 heteroatoms. The Bertz CT molecular complexity index is 867. The Morgan fingerprint density at radius 1 is 1.35 bits per heavy atom. The molecule has 1 N–H and O–H groups in total. The van der Waals surface area contributed by atoms with Crippen LogP contribution in [0.1, 0.15) is 23.5 Å². The summed E-state index contributed by atoms with van der Waals surface area (Å²) in [6.07, 6.45) is 1.67. The maximum Gasteiger partial charge on any atom is 0.279 e. The van der Waals surface area contributed by atoms with Gasteiger partial charge in [0.25, 0.3) is 5.56 Å². The average Bonchev–Trinajstić information content (AvgIpc) is 2.50. The van der Waals surface area contributed by atoms with Gasteiger partial charge in [-0.25, -0.2) is 8.78 Å². The highest BCUT2D eigenvalue weighted by Crippen LogP contribution is 2.36. The van der Waals surface area contributed by atoms with Crippen LogP contribution < -0.4 is 10.9 Å². The Labute approximate surface area is 134 Å². The van der Waals surface area contributed by atoms with Crippen molar-refractivity contribution in [3.05, 3.63) is 51.3 Å². The van der Waals surface area contributed by atoms with Gasteiger partial charge in [0.15, 0.2) is 5.16 Å². The van der Waals surface area contributed by atoms with Crippen molar-refractivity contribution in [1.82, 2.24) is 9.55 Å². The topological polar surface area (TPSA) is 64.0 Å². The van der Waals surface area contributed by atoms with E-state index in [9.17, 15) is 18.4 Å². The van der Waals surface area contributed by atoms with Gasteiger partial charge >= 0.3 is 0 Å². The summed E-state index contributed by atoms with van der Waals surface area (Å²) >= 11 is 1.26. The molecule has 5 nitrogen and oxygen atoms in total. The summed E-state index contributed by atoms with van der Waals surface area (Å²) in [5.41, 5.74) is -0.190. The molecular formula is C15H13F2N3O2S. The van der Waals surface area contributed by atoms with E-state index in [1.807, 2.05) is 0 Å². The number of nitrogens with one attached hydrogen (secondary N) is 1. The Kier molecular flexibility index (Phi) is 3.93. The molecule has 0 spiro atoms. The van der Waals surface area contributed by atoms with Gasteiger partial charge in [-0.1, -0.05) is 17.8 Å². The Balaban J connectivity index is 2.25. The second kappa shape index (κ2) is 5.77. The number of hydrogen-bond acceptors (Lipinski definition) is 4. The lowest BCUT2D eigenvalue weighted by molar-refractivity contribution is -0.116. The highest BCUT2D eigenvalue weighted by atomic mass is 32.2. The predicted octanol–water partition coefficient (Wildman–Crippen LogP) is 2.25. The molecule has 1 amide bonds. The van der Waals surface area contributed by atoms with E-state index in [4.69, 9.17) is 0 Å². The number of rotatable bonds is 2. The summed E-state index contributed by atoms with van der Waals surface area (Å²) < 4.78 is 28.8. The number of nitrogens with zero attached hydrogens (tertiary/aromatic N) is 2. The number of carbonyl (C=O) groups excluding carboxylic acids is 1. The van der Waals surface area contributed by atoms with Crippen molar-refractivity contribution >= 4 is 23.5 Å². The van der Waals surface area contributed by atoms with Gasteiger partial charge in [-0.2, -0.15) is 4.98 Å². The van der Waals surface area contributed by atoms with Crippen LogP contribution in [0.25, 0.3) is 0 Å². The second-order valence-corrected chi connectivity index (χ2v) is 5.97. The largest absolute Gasteiger partial charge is 0.312 e. The minimum atomic E-state index is -0.790. The fourth-order valence-electron chi connectivity index (χ4n) is 2.77. The normalized spacial score (nSPS) is 16.9. The molecule has 1 aromatic heterocycles. The van der Waals surface area contributed by atoms with Gasteiger partial charge in [-0.05, 0) is 17.9 Å². The number of anilines is 1.